The summed E-state index contributed by atoms with van der Waals surface area (Å²) in [5, 5.41) is 5.12. The highest BCUT2D eigenvalue weighted by atomic mass is 16.2. The zero-order valence-electron chi connectivity index (χ0n) is 12.1. The number of nitrogens with one attached hydrogen (secondary N) is 2. The summed E-state index contributed by atoms with van der Waals surface area (Å²) in [6.45, 7) is 4.20. The van der Waals surface area contributed by atoms with E-state index in [1.165, 1.54) is 5.56 Å². The number of hydrogen-bond acceptors (Lipinski definition) is 2. The number of para-hydroxylation sites is 1. The maximum absolute atomic E-state index is 11.8. The van der Waals surface area contributed by atoms with Crippen LogP contribution < -0.4 is 10.6 Å². The van der Waals surface area contributed by atoms with Crippen LogP contribution in [0.1, 0.15) is 25.3 Å². The summed E-state index contributed by atoms with van der Waals surface area (Å²) in [4.78, 5) is 23.6. The number of hydrogen-bond donors (Lipinski definition) is 2. The predicted molar refractivity (Wildman–Crippen MR) is 84.2 cm³/mol. The Balaban J connectivity index is 1.96. The van der Waals surface area contributed by atoms with Crippen LogP contribution >= 0.6 is 0 Å². The van der Waals surface area contributed by atoms with E-state index in [4.69, 9.17) is 0 Å². The third kappa shape index (κ3) is 4.18. The van der Waals surface area contributed by atoms with Crippen molar-refractivity contribution in [3.05, 3.63) is 60.2 Å². The Hall–Kier alpha value is -2.62. The second-order valence-electron chi connectivity index (χ2n) is 5.05. The van der Waals surface area contributed by atoms with Crippen molar-refractivity contribution in [2.24, 2.45) is 0 Å². The van der Waals surface area contributed by atoms with Gasteiger partial charge in [-0.3, -0.25) is 9.59 Å². The summed E-state index contributed by atoms with van der Waals surface area (Å²) in [5.41, 5.74) is 2.38. The lowest BCUT2D eigenvalue weighted by Crippen LogP contribution is -2.29. The first-order valence-electron chi connectivity index (χ1n) is 6.83. The number of benzene rings is 2. The number of carbonyl (C=O) groups is 2. The van der Waals surface area contributed by atoms with E-state index in [1.807, 2.05) is 18.2 Å². The van der Waals surface area contributed by atoms with Crippen molar-refractivity contribution in [1.29, 1.82) is 0 Å². The first-order chi connectivity index (χ1) is 10.1. The van der Waals surface area contributed by atoms with Crippen LogP contribution in [-0.2, 0) is 9.59 Å². The highest BCUT2D eigenvalue weighted by molar-refractivity contribution is 6.43. The van der Waals surface area contributed by atoms with Crippen LogP contribution in [0.4, 0.5) is 11.4 Å². The Morgan fingerprint density at radius 3 is 1.71 bits per heavy atom. The fraction of sp³-hybridized carbons (Fsp3) is 0.176. The summed E-state index contributed by atoms with van der Waals surface area (Å²) in [5.74, 6) is -0.943. The number of amides is 2. The zero-order valence-corrected chi connectivity index (χ0v) is 12.1. The Morgan fingerprint density at radius 1 is 0.762 bits per heavy atom. The minimum Gasteiger partial charge on any atom is -0.318 e. The van der Waals surface area contributed by atoms with Crippen LogP contribution in [0, 0.1) is 0 Å². The Morgan fingerprint density at radius 2 is 1.24 bits per heavy atom. The molecule has 0 saturated heterocycles. The quantitative estimate of drug-likeness (QED) is 0.848. The largest absolute Gasteiger partial charge is 0.318 e. The lowest BCUT2D eigenvalue weighted by molar-refractivity contribution is -0.132. The first-order valence-corrected chi connectivity index (χ1v) is 6.83. The SMILES string of the molecule is CC(C)c1ccc(NC(=O)C(=O)Nc2ccccc2)cc1. The second kappa shape index (κ2) is 6.70. The molecule has 0 spiro atoms. The molecule has 0 radical (unpaired) electrons. The molecule has 0 saturated carbocycles. The van der Waals surface area contributed by atoms with Gasteiger partial charge in [0, 0.05) is 11.4 Å². The van der Waals surface area contributed by atoms with Crippen LogP contribution in [0.5, 0.6) is 0 Å². The third-order valence-electron chi connectivity index (χ3n) is 3.07. The fourth-order valence-corrected chi connectivity index (χ4v) is 1.85. The molecular formula is C17H18N2O2. The smallest absolute Gasteiger partial charge is 0.314 e. The molecule has 2 rings (SSSR count). The molecule has 2 aromatic carbocycles. The van der Waals surface area contributed by atoms with E-state index in [9.17, 15) is 9.59 Å². The maximum Gasteiger partial charge on any atom is 0.314 e. The van der Waals surface area contributed by atoms with Crippen LogP contribution in [0.15, 0.2) is 54.6 Å². The summed E-state index contributed by atoms with van der Waals surface area (Å²) in [6.07, 6.45) is 0. The lowest BCUT2D eigenvalue weighted by atomic mass is 10.0. The average molecular weight is 282 g/mol. The molecule has 2 aromatic rings. The first kappa shape index (κ1) is 14.8. The number of anilines is 2. The van der Waals surface area contributed by atoms with Crippen LogP contribution in [-0.4, -0.2) is 11.8 Å². The lowest BCUT2D eigenvalue weighted by Gasteiger charge is -2.08. The molecule has 0 aliphatic rings. The summed E-state index contributed by atoms with van der Waals surface area (Å²) >= 11 is 0. The minimum absolute atomic E-state index is 0.427. The average Bonchev–Trinajstić information content (AvgIpc) is 2.48. The van der Waals surface area contributed by atoms with Crippen LogP contribution in [0.3, 0.4) is 0 Å². The van der Waals surface area contributed by atoms with E-state index < -0.39 is 11.8 Å². The molecule has 0 atom stereocenters. The second-order valence-corrected chi connectivity index (χ2v) is 5.05. The molecule has 2 amide bonds. The Kier molecular flexibility index (Phi) is 4.72. The van der Waals surface area contributed by atoms with Crippen LogP contribution in [0.2, 0.25) is 0 Å². The highest BCUT2D eigenvalue weighted by Gasteiger charge is 2.13. The summed E-state index contributed by atoms with van der Waals surface area (Å²) < 4.78 is 0. The standard InChI is InChI=1S/C17H18N2O2/c1-12(2)13-8-10-15(11-9-13)19-17(21)16(20)18-14-6-4-3-5-7-14/h3-12H,1-2H3,(H,18,20)(H,19,21). The van der Waals surface area contributed by atoms with Gasteiger partial charge in [-0.2, -0.15) is 0 Å². The third-order valence-corrected chi connectivity index (χ3v) is 3.07. The number of rotatable bonds is 3. The predicted octanol–water partition coefficient (Wildman–Crippen LogP) is 3.39. The molecule has 0 aliphatic heterocycles. The highest BCUT2D eigenvalue weighted by Crippen LogP contribution is 2.17. The maximum atomic E-state index is 11.8. The van der Waals surface area contributed by atoms with Crippen molar-refractivity contribution in [1.82, 2.24) is 0 Å². The Labute approximate surface area is 124 Å². The monoisotopic (exact) mass is 282 g/mol. The Bertz CT molecular complexity index is 619. The van der Waals surface area contributed by atoms with Gasteiger partial charge in [0.05, 0.1) is 0 Å². The molecule has 0 bridgehead atoms. The molecule has 108 valence electrons. The van der Waals surface area contributed by atoms with Crippen LogP contribution in [0.25, 0.3) is 0 Å². The van der Waals surface area contributed by atoms with Gasteiger partial charge in [-0.25, -0.2) is 0 Å². The van der Waals surface area contributed by atoms with E-state index in [1.54, 1.807) is 36.4 Å². The van der Waals surface area contributed by atoms with Gasteiger partial charge >= 0.3 is 11.8 Å². The molecule has 0 unspecified atom stereocenters. The van der Waals surface area contributed by atoms with Gasteiger partial charge in [-0.15, -0.1) is 0 Å². The van der Waals surface area contributed by atoms with Crippen molar-refractivity contribution in [3.63, 3.8) is 0 Å². The molecule has 4 nitrogen and oxygen atoms in total. The molecule has 2 N–H and O–H groups in total. The van der Waals surface area contributed by atoms with Gasteiger partial charge < -0.3 is 10.6 Å². The fourth-order valence-electron chi connectivity index (χ4n) is 1.85. The topological polar surface area (TPSA) is 58.2 Å². The van der Waals surface area contributed by atoms with Gasteiger partial charge in [0.1, 0.15) is 0 Å². The van der Waals surface area contributed by atoms with Gasteiger partial charge in [0.25, 0.3) is 0 Å². The molecule has 4 heteroatoms. The molecule has 0 heterocycles. The van der Waals surface area contributed by atoms with Gasteiger partial charge in [-0.05, 0) is 35.7 Å². The molecule has 0 aromatic heterocycles. The van der Waals surface area contributed by atoms with Gasteiger partial charge in [-0.1, -0.05) is 44.2 Å². The van der Waals surface area contributed by atoms with E-state index in [0.29, 0.717) is 17.3 Å². The number of carbonyl (C=O) groups excluding carboxylic acids is 2. The summed E-state index contributed by atoms with van der Waals surface area (Å²) in [6, 6.07) is 16.3. The van der Waals surface area contributed by atoms with Crippen molar-refractivity contribution >= 4 is 23.2 Å². The molecule has 21 heavy (non-hydrogen) atoms. The van der Waals surface area contributed by atoms with Crippen molar-refractivity contribution < 1.29 is 9.59 Å². The van der Waals surface area contributed by atoms with Gasteiger partial charge in [0.2, 0.25) is 0 Å². The molecule has 0 aliphatic carbocycles. The van der Waals surface area contributed by atoms with Crippen molar-refractivity contribution in [2.75, 3.05) is 10.6 Å². The normalized spacial score (nSPS) is 10.2. The zero-order chi connectivity index (χ0) is 15.2. The summed E-state index contributed by atoms with van der Waals surface area (Å²) in [7, 11) is 0. The minimum atomic E-state index is -0.686. The van der Waals surface area contributed by atoms with E-state index in [0.717, 1.165) is 0 Å². The van der Waals surface area contributed by atoms with Gasteiger partial charge in [0.15, 0.2) is 0 Å². The van der Waals surface area contributed by atoms with E-state index in [2.05, 4.69) is 24.5 Å². The van der Waals surface area contributed by atoms with Crippen molar-refractivity contribution in [2.45, 2.75) is 19.8 Å². The molecular weight excluding hydrogens is 264 g/mol. The molecule has 0 fully saturated rings. The van der Waals surface area contributed by atoms with Crippen molar-refractivity contribution in [3.8, 4) is 0 Å². The van der Waals surface area contributed by atoms with E-state index >= 15 is 0 Å². The van der Waals surface area contributed by atoms with E-state index in [-0.39, 0.29) is 0 Å².